The van der Waals surface area contributed by atoms with Crippen molar-refractivity contribution in [2.24, 2.45) is 0 Å². The van der Waals surface area contributed by atoms with Crippen molar-refractivity contribution >= 4 is 11.6 Å². The van der Waals surface area contributed by atoms with Crippen LogP contribution in [0.1, 0.15) is 18.4 Å². The van der Waals surface area contributed by atoms with Crippen LogP contribution < -0.4 is 24.8 Å². The molecule has 0 heterocycles. The van der Waals surface area contributed by atoms with Crippen molar-refractivity contribution in [3.63, 3.8) is 0 Å². The average Bonchev–Trinajstić information content (AvgIpc) is 3.11. The Labute approximate surface area is 155 Å². The van der Waals surface area contributed by atoms with Gasteiger partial charge in [0.05, 0.1) is 0 Å². The van der Waals surface area contributed by atoms with Gasteiger partial charge in [-0.2, -0.15) is 0 Å². The Kier molecular flexibility index (Phi) is 8.33. The molecule has 0 fully saturated rings. The maximum Gasteiger partial charge on any atom is -1.00 e. The molecule has 2 aliphatic carbocycles. The Morgan fingerprint density at radius 3 is 2.27 bits per heavy atom. The molecule has 2 aliphatic rings. The van der Waals surface area contributed by atoms with Crippen LogP contribution in [0.3, 0.4) is 0 Å². The molecule has 0 radical (unpaired) electrons. The van der Waals surface area contributed by atoms with Gasteiger partial charge in [0.2, 0.25) is 0 Å². The average molecular weight is 515 g/mol. The van der Waals surface area contributed by atoms with Gasteiger partial charge in [0.15, 0.2) is 0 Å². The molecule has 0 atom stereocenters. The molecule has 1 aromatic carbocycles. The molecule has 0 saturated carbocycles. The zero-order chi connectivity index (χ0) is 13.9. The van der Waals surface area contributed by atoms with Gasteiger partial charge >= 0.3 is 131 Å². The van der Waals surface area contributed by atoms with Crippen LogP contribution in [0.25, 0.3) is 5.57 Å². The second-order valence-electron chi connectivity index (χ2n) is 5.76. The molecule has 4 heteroatoms. The summed E-state index contributed by atoms with van der Waals surface area (Å²) in [5.74, 6) is -0.547. The van der Waals surface area contributed by atoms with Crippen molar-refractivity contribution in [2.75, 3.05) is 0 Å². The molecule has 3 rings (SSSR count). The first-order chi connectivity index (χ1) is 9.77. The first-order valence-corrected chi connectivity index (χ1v) is 20.2. The van der Waals surface area contributed by atoms with Crippen molar-refractivity contribution in [3.05, 3.63) is 72.9 Å². The topological polar surface area (TPSA) is 0 Å². The number of halogens is 2. The zero-order valence-corrected chi connectivity index (χ0v) is 19.3. The zero-order valence-electron chi connectivity index (χ0n) is 13.0. The molecule has 0 N–H and O–H groups in total. The van der Waals surface area contributed by atoms with Gasteiger partial charge in [-0.05, 0) is 0 Å². The van der Waals surface area contributed by atoms with Crippen LogP contribution in [-0.2, 0) is 20.6 Å². The van der Waals surface area contributed by atoms with Crippen LogP contribution >= 0.6 is 0 Å². The molecule has 0 saturated heterocycles. The maximum atomic E-state index is 2.58. The standard InChI is InChI=1S/C11H9.C5H5.C2H7Si.2ClH.Hf/c1-2-6-10(7-3-1)11-8-4-5-9-11;1-2-4-5-3-1;1-3-2;;;/h1-4,6-8H,5H2;1-3H,4H2;3H,1-2H3;2*1H;/q;;;;;+2/p-2. The van der Waals surface area contributed by atoms with Crippen molar-refractivity contribution < 1.29 is 45.4 Å². The van der Waals surface area contributed by atoms with E-state index in [1.807, 2.05) is 6.66 Å². The summed E-state index contributed by atoms with van der Waals surface area (Å²) in [6.45, 7) is 5.16. The first-order valence-electron chi connectivity index (χ1n) is 7.46. The summed E-state index contributed by atoms with van der Waals surface area (Å²) in [5.41, 5.74) is 3.00. The predicted molar refractivity (Wildman–Crippen MR) is 87.8 cm³/mol. The van der Waals surface area contributed by atoms with Crippen LogP contribution in [0.2, 0.25) is 13.1 Å². The Balaban J connectivity index is 0.00000121. The normalized spacial score (nSPS) is 15.7. The van der Waals surface area contributed by atoms with Crippen LogP contribution in [0.5, 0.6) is 0 Å². The first kappa shape index (κ1) is 19.9. The van der Waals surface area contributed by atoms with Crippen LogP contribution in [0.4, 0.5) is 0 Å². The molecule has 0 aromatic heterocycles. The molecule has 0 amide bonds. The van der Waals surface area contributed by atoms with Crippen molar-refractivity contribution in [1.82, 2.24) is 0 Å². The van der Waals surface area contributed by atoms with Gasteiger partial charge in [0.1, 0.15) is 0 Å². The minimum Gasteiger partial charge on any atom is -1.00 e. The van der Waals surface area contributed by atoms with E-state index < -0.39 is 26.6 Å². The molecular weight excluding hydrogens is 494 g/mol. The fraction of sp³-hybridized carbons (Fsp3) is 0.222. The fourth-order valence-corrected chi connectivity index (χ4v) is 30.8. The number of allylic oxidation sites excluding steroid dienone is 8. The third kappa shape index (κ3) is 4.23. The summed E-state index contributed by atoms with van der Waals surface area (Å²) in [5, 5.41) is 0. The van der Waals surface area contributed by atoms with Gasteiger partial charge in [-0.15, -0.1) is 0 Å². The van der Waals surface area contributed by atoms with Crippen molar-refractivity contribution in [1.29, 1.82) is 0 Å². The predicted octanol–water partition coefficient (Wildman–Crippen LogP) is -1.19. The molecule has 0 unspecified atom stereocenters. The quantitative estimate of drug-likeness (QED) is 0.444. The largest absolute Gasteiger partial charge is 1.00 e. The Morgan fingerprint density at radius 2 is 1.68 bits per heavy atom. The minimum absolute atomic E-state index is 0. The van der Waals surface area contributed by atoms with Crippen LogP contribution in [0.15, 0.2) is 67.4 Å². The van der Waals surface area contributed by atoms with Gasteiger partial charge in [-0.1, -0.05) is 0 Å². The Bertz CT molecular complexity index is 615. The van der Waals surface area contributed by atoms with Crippen LogP contribution in [0, 0.1) is 0 Å². The smallest absolute Gasteiger partial charge is 1.00 e. The van der Waals surface area contributed by atoms with Gasteiger partial charge in [0, 0.05) is 0 Å². The van der Waals surface area contributed by atoms with Gasteiger partial charge < -0.3 is 24.8 Å². The molecule has 0 aliphatic heterocycles. The summed E-state index contributed by atoms with van der Waals surface area (Å²) in [6.07, 6.45) is 14.3. The van der Waals surface area contributed by atoms with Crippen LogP contribution in [-0.4, -0.2) is 5.98 Å². The van der Waals surface area contributed by atoms with Crippen molar-refractivity contribution in [2.45, 2.75) is 25.9 Å². The molecule has 1 aromatic rings. The van der Waals surface area contributed by atoms with Gasteiger partial charge in [-0.3, -0.25) is 0 Å². The summed E-state index contributed by atoms with van der Waals surface area (Å²) in [6, 6.07) is 11.0. The maximum absolute atomic E-state index is 2.58. The van der Waals surface area contributed by atoms with E-state index in [0.717, 1.165) is 0 Å². The summed E-state index contributed by atoms with van der Waals surface area (Å²) in [4.78, 5) is 0. The number of hydrogen-bond donors (Lipinski definition) is 0. The molecular formula is C18H21Cl2HfSi. The third-order valence-corrected chi connectivity index (χ3v) is 31.4. The molecule has 22 heavy (non-hydrogen) atoms. The number of rotatable bonds is 4. The molecule has 0 spiro atoms. The van der Waals surface area contributed by atoms with E-state index in [4.69, 9.17) is 0 Å². The van der Waals surface area contributed by atoms with E-state index in [9.17, 15) is 0 Å². The fourth-order valence-electron chi connectivity index (χ4n) is 3.21. The van der Waals surface area contributed by atoms with E-state index in [2.05, 4.69) is 73.8 Å². The molecule has 115 valence electrons. The molecule has 0 bridgehead atoms. The monoisotopic (exact) mass is 515 g/mol. The second kappa shape index (κ2) is 9.22. The number of benzene rings is 1. The summed E-state index contributed by atoms with van der Waals surface area (Å²) >= 11 is -1.74. The second-order valence-corrected chi connectivity index (χ2v) is 32.7. The van der Waals surface area contributed by atoms with E-state index >= 15 is 0 Å². The van der Waals surface area contributed by atoms with E-state index in [1.165, 1.54) is 18.4 Å². The molecule has 0 nitrogen and oxygen atoms in total. The van der Waals surface area contributed by atoms with Gasteiger partial charge in [0.25, 0.3) is 0 Å². The minimum atomic E-state index is -1.74. The van der Waals surface area contributed by atoms with Gasteiger partial charge in [-0.25, -0.2) is 0 Å². The van der Waals surface area contributed by atoms with E-state index in [-0.39, 0.29) is 24.8 Å². The van der Waals surface area contributed by atoms with E-state index in [1.54, 1.807) is 5.57 Å². The Morgan fingerprint density at radius 1 is 0.955 bits per heavy atom. The number of hydrogen-bond acceptors (Lipinski definition) is 0. The van der Waals surface area contributed by atoms with E-state index in [0.29, 0.717) is 0 Å². The Hall–Kier alpha value is -0.153. The summed E-state index contributed by atoms with van der Waals surface area (Å²) < 4.78 is 3.72. The van der Waals surface area contributed by atoms with Crippen molar-refractivity contribution in [3.8, 4) is 0 Å². The summed E-state index contributed by atoms with van der Waals surface area (Å²) in [7, 11) is 0. The SMILES string of the molecule is C[SiH](C)[Hf+2]([C]1=CC=CC1)[C]1=C(c2ccccc2)C=CC1.[Cl-].[Cl-]. The third-order valence-electron chi connectivity index (χ3n) is 4.04.